The van der Waals surface area contributed by atoms with E-state index >= 15 is 0 Å². The van der Waals surface area contributed by atoms with Crippen molar-refractivity contribution < 1.29 is 4.79 Å². The first-order chi connectivity index (χ1) is 12.1. The van der Waals surface area contributed by atoms with Crippen LogP contribution in [0.25, 0.3) is 10.9 Å². The topological polar surface area (TPSA) is 71.0 Å². The van der Waals surface area contributed by atoms with Crippen molar-refractivity contribution in [3.63, 3.8) is 0 Å². The van der Waals surface area contributed by atoms with Crippen LogP contribution in [0.3, 0.4) is 0 Å². The number of aryl methyl sites for hydroxylation is 1. The van der Waals surface area contributed by atoms with E-state index in [0.717, 1.165) is 23.8 Å². The van der Waals surface area contributed by atoms with Gasteiger partial charge in [-0.15, -0.1) is 0 Å². The Bertz CT molecular complexity index is 988. The van der Waals surface area contributed by atoms with Crippen molar-refractivity contribution in [2.24, 2.45) is 0 Å². The van der Waals surface area contributed by atoms with Gasteiger partial charge in [-0.1, -0.05) is 18.2 Å². The lowest BCUT2D eigenvalue weighted by Gasteiger charge is -2.33. The molecule has 1 aromatic carbocycles. The molecule has 0 radical (unpaired) electrons. The maximum absolute atomic E-state index is 13.1. The highest BCUT2D eigenvalue weighted by Crippen LogP contribution is 2.24. The maximum Gasteiger partial charge on any atom is 0.254 e. The van der Waals surface area contributed by atoms with Crippen LogP contribution in [0.2, 0.25) is 0 Å². The van der Waals surface area contributed by atoms with Gasteiger partial charge in [0.2, 0.25) is 5.56 Å². The van der Waals surface area contributed by atoms with Crippen LogP contribution in [-0.4, -0.2) is 38.7 Å². The molecule has 6 nitrogen and oxygen atoms in total. The first-order valence-electron chi connectivity index (χ1n) is 8.54. The van der Waals surface area contributed by atoms with Gasteiger partial charge < -0.3 is 9.88 Å². The van der Waals surface area contributed by atoms with E-state index in [2.05, 4.69) is 10.1 Å². The second kappa shape index (κ2) is 6.20. The minimum atomic E-state index is -0.252. The number of benzene rings is 1. The molecule has 1 aliphatic heterocycles. The molecule has 128 valence electrons. The van der Waals surface area contributed by atoms with Gasteiger partial charge >= 0.3 is 0 Å². The van der Waals surface area contributed by atoms with E-state index in [1.54, 1.807) is 0 Å². The van der Waals surface area contributed by atoms with Crippen molar-refractivity contribution in [3.8, 4) is 0 Å². The number of nitrogens with zero attached hydrogens (tertiary/aromatic N) is 3. The predicted octanol–water partition coefficient (Wildman–Crippen LogP) is 2.51. The van der Waals surface area contributed by atoms with E-state index in [1.165, 1.54) is 6.07 Å². The molecule has 1 N–H and O–H groups in total. The molecule has 1 fully saturated rings. The Balaban J connectivity index is 1.66. The SMILES string of the molecule is Cc1cnn(C2CCCN(C(=O)c3cc(=O)[nH]c4ccccc34)C2)c1. The normalized spacial score (nSPS) is 17.8. The number of hydrogen-bond acceptors (Lipinski definition) is 3. The highest BCUT2D eigenvalue weighted by Gasteiger charge is 2.27. The number of hydrogen-bond donors (Lipinski definition) is 1. The Hall–Kier alpha value is -2.89. The number of aromatic amines is 1. The quantitative estimate of drug-likeness (QED) is 0.782. The van der Waals surface area contributed by atoms with Gasteiger partial charge in [-0.3, -0.25) is 14.3 Å². The molecule has 0 bridgehead atoms. The number of para-hydroxylation sites is 1. The largest absolute Gasteiger partial charge is 0.336 e. The first-order valence-corrected chi connectivity index (χ1v) is 8.54. The zero-order valence-electron chi connectivity index (χ0n) is 14.1. The summed E-state index contributed by atoms with van der Waals surface area (Å²) in [5.41, 5.74) is 2.02. The van der Waals surface area contributed by atoms with E-state index in [-0.39, 0.29) is 17.5 Å². The standard InChI is InChI=1S/C19H20N4O2/c1-13-10-20-23(11-13)14-5-4-8-22(12-14)19(25)16-9-18(24)21-17-7-3-2-6-15(16)17/h2-3,6-7,9-11,14H,4-5,8,12H2,1H3,(H,21,24). The summed E-state index contributed by atoms with van der Waals surface area (Å²) in [6, 6.07) is 9.01. The molecular weight excluding hydrogens is 316 g/mol. The van der Waals surface area contributed by atoms with E-state index < -0.39 is 0 Å². The van der Waals surface area contributed by atoms with E-state index in [4.69, 9.17) is 0 Å². The molecule has 2 aromatic heterocycles. The van der Waals surface area contributed by atoms with Crippen LogP contribution in [0.15, 0.2) is 47.5 Å². The maximum atomic E-state index is 13.1. The molecule has 3 heterocycles. The fraction of sp³-hybridized carbons (Fsp3) is 0.316. The summed E-state index contributed by atoms with van der Waals surface area (Å²) >= 11 is 0. The Morgan fingerprint density at radius 1 is 1.32 bits per heavy atom. The van der Waals surface area contributed by atoms with Gasteiger partial charge in [0.25, 0.3) is 5.91 Å². The molecule has 1 saturated heterocycles. The minimum Gasteiger partial charge on any atom is -0.336 e. The van der Waals surface area contributed by atoms with Crippen LogP contribution >= 0.6 is 0 Å². The third-order valence-corrected chi connectivity index (χ3v) is 4.77. The predicted molar refractivity (Wildman–Crippen MR) is 95.7 cm³/mol. The first kappa shape index (κ1) is 15.6. The van der Waals surface area contributed by atoms with Gasteiger partial charge in [0.1, 0.15) is 0 Å². The molecule has 0 spiro atoms. The smallest absolute Gasteiger partial charge is 0.254 e. The van der Waals surface area contributed by atoms with Crippen LogP contribution in [0, 0.1) is 6.92 Å². The van der Waals surface area contributed by atoms with Crippen molar-refractivity contribution in [1.82, 2.24) is 19.7 Å². The number of H-pyrrole nitrogens is 1. The molecule has 0 aliphatic carbocycles. The molecule has 0 saturated carbocycles. The summed E-state index contributed by atoms with van der Waals surface area (Å²) in [7, 11) is 0. The summed E-state index contributed by atoms with van der Waals surface area (Å²) < 4.78 is 1.95. The van der Waals surface area contributed by atoms with Crippen LogP contribution in [0.4, 0.5) is 0 Å². The number of piperidine rings is 1. The Kier molecular flexibility index (Phi) is 3.87. The van der Waals surface area contributed by atoms with E-state index in [0.29, 0.717) is 24.2 Å². The number of nitrogens with one attached hydrogen (secondary N) is 1. The number of pyridine rings is 1. The Labute approximate surface area is 145 Å². The number of carbonyl (C=O) groups is 1. The number of aromatic nitrogens is 3. The Morgan fingerprint density at radius 3 is 2.96 bits per heavy atom. The second-order valence-corrected chi connectivity index (χ2v) is 6.64. The lowest BCUT2D eigenvalue weighted by Crippen LogP contribution is -2.41. The van der Waals surface area contributed by atoms with Crippen molar-refractivity contribution in [2.75, 3.05) is 13.1 Å². The number of fused-ring (bicyclic) bond motifs is 1. The summed E-state index contributed by atoms with van der Waals surface area (Å²) in [5, 5.41) is 5.18. The number of rotatable bonds is 2. The Morgan fingerprint density at radius 2 is 2.16 bits per heavy atom. The third-order valence-electron chi connectivity index (χ3n) is 4.77. The zero-order chi connectivity index (χ0) is 17.4. The molecule has 25 heavy (non-hydrogen) atoms. The van der Waals surface area contributed by atoms with Gasteiger partial charge in [-0.05, 0) is 31.4 Å². The lowest BCUT2D eigenvalue weighted by molar-refractivity contribution is 0.0675. The third kappa shape index (κ3) is 2.95. The van der Waals surface area contributed by atoms with Crippen molar-refractivity contribution in [2.45, 2.75) is 25.8 Å². The number of carbonyl (C=O) groups excluding carboxylic acids is 1. The molecule has 1 aliphatic rings. The second-order valence-electron chi connectivity index (χ2n) is 6.64. The molecular formula is C19H20N4O2. The van der Waals surface area contributed by atoms with Crippen molar-refractivity contribution in [1.29, 1.82) is 0 Å². The van der Waals surface area contributed by atoms with Gasteiger partial charge in [0, 0.05) is 36.3 Å². The molecule has 1 amide bonds. The molecule has 6 heteroatoms. The number of amides is 1. The zero-order valence-corrected chi connectivity index (χ0v) is 14.1. The van der Waals surface area contributed by atoms with E-state index in [1.807, 2.05) is 53.2 Å². The lowest BCUT2D eigenvalue weighted by atomic mass is 10.0. The fourth-order valence-corrected chi connectivity index (χ4v) is 3.54. The highest BCUT2D eigenvalue weighted by molar-refractivity contribution is 6.05. The minimum absolute atomic E-state index is 0.0871. The molecule has 3 aromatic rings. The van der Waals surface area contributed by atoms with Gasteiger partial charge in [-0.2, -0.15) is 5.10 Å². The van der Waals surface area contributed by atoms with E-state index in [9.17, 15) is 9.59 Å². The van der Waals surface area contributed by atoms with Gasteiger partial charge in [-0.25, -0.2) is 0 Å². The summed E-state index contributed by atoms with van der Waals surface area (Å²) in [6.45, 7) is 3.33. The summed E-state index contributed by atoms with van der Waals surface area (Å²) in [6.07, 6.45) is 5.78. The van der Waals surface area contributed by atoms with Gasteiger partial charge in [0.15, 0.2) is 0 Å². The molecule has 4 rings (SSSR count). The number of likely N-dealkylation sites (tertiary alicyclic amines) is 1. The monoisotopic (exact) mass is 336 g/mol. The van der Waals surface area contributed by atoms with Crippen LogP contribution in [0.1, 0.15) is 34.8 Å². The van der Waals surface area contributed by atoms with Gasteiger partial charge in [0.05, 0.1) is 17.8 Å². The van der Waals surface area contributed by atoms with Crippen molar-refractivity contribution in [3.05, 3.63) is 64.2 Å². The summed E-state index contributed by atoms with van der Waals surface area (Å²) in [5.74, 6) is -0.0871. The summed E-state index contributed by atoms with van der Waals surface area (Å²) in [4.78, 5) is 29.7. The van der Waals surface area contributed by atoms with Crippen LogP contribution in [-0.2, 0) is 0 Å². The average Bonchev–Trinajstić information content (AvgIpc) is 3.07. The van der Waals surface area contributed by atoms with Crippen LogP contribution < -0.4 is 5.56 Å². The van der Waals surface area contributed by atoms with Crippen molar-refractivity contribution >= 4 is 16.8 Å². The molecule has 1 unspecified atom stereocenters. The fourth-order valence-electron chi connectivity index (χ4n) is 3.54. The highest BCUT2D eigenvalue weighted by atomic mass is 16.2. The average molecular weight is 336 g/mol. The molecule has 1 atom stereocenters. The van der Waals surface area contributed by atoms with Crippen LogP contribution in [0.5, 0.6) is 0 Å².